The molecule has 0 atom stereocenters. The quantitative estimate of drug-likeness (QED) is 0.681. The van der Waals surface area contributed by atoms with Gasteiger partial charge in [-0.15, -0.1) is 0 Å². The Kier molecular flexibility index (Phi) is 3.45. The maximum Gasteiger partial charge on any atom is 0.339 e. The Morgan fingerprint density at radius 1 is 1.57 bits per heavy atom. The molecule has 4 heteroatoms. The lowest BCUT2D eigenvalue weighted by Crippen LogP contribution is -2.17. The summed E-state index contributed by atoms with van der Waals surface area (Å²) in [5.74, 6) is 0.489. The fourth-order valence-corrected chi connectivity index (χ4v) is 1.01. The molecule has 0 aliphatic carbocycles. The van der Waals surface area contributed by atoms with Gasteiger partial charge in [0.15, 0.2) is 0 Å². The number of rotatable bonds is 3. The Balaban J connectivity index is 2.83. The molecule has 0 saturated carbocycles. The highest BCUT2D eigenvalue weighted by molar-refractivity contribution is 5.89. The second-order valence-electron chi connectivity index (χ2n) is 2.91. The minimum absolute atomic E-state index is 0.358. The van der Waals surface area contributed by atoms with E-state index in [0.717, 1.165) is 12.4 Å². The minimum Gasteiger partial charge on any atom is -0.465 e. The number of esters is 1. The molecule has 14 heavy (non-hydrogen) atoms. The third-order valence-electron chi connectivity index (χ3n) is 2.03. The zero-order valence-electron chi connectivity index (χ0n) is 8.65. The maximum atomic E-state index is 11.1. The van der Waals surface area contributed by atoms with Crippen molar-refractivity contribution >= 4 is 11.8 Å². The van der Waals surface area contributed by atoms with Crippen LogP contribution in [0.1, 0.15) is 17.3 Å². The molecule has 0 aliphatic rings. The highest BCUT2D eigenvalue weighted by Crippen LogP contribution is 2.09. The van der Waals surface area contributed by atoms with Crippen LogP contribution in [0.2, 0.25) is 0 Å². The van der Waals surface area contributed by atoms with Crippen LogP contribution in [-0.4, -0.2) is 31.7 Å². The smallest absolute Gasteiger partial charge is 0.339 e. The molecule has 1 aromatic heterocycles. The fraction of sp³-hybridized carbons (Fsp3) is 0.400. The van der Waals surface area contributed by atoms with Crippen LogP contribution in [0.15, 0.2) is 18.3 Å². The van der Waals surface area contributed by atoms with Crippen molar-refractivity contribution < 1.29 is 9.53 Å². The number of methoxy groups -OCH3 is 1. The summed E-state index contributed by atoms with van der Waals surface area (Å²) >= 11 is 0. The molecule has 0 unspecified atom stereocenters. The van der Waals surface area contributed by atoms with E-state index >= 15 is 0 Å². The first-order chi connectivity index (χ1) is 6.69. The first-order valence-electron chi connectivity index (χ1n) is 4.44. The molecular formula is C10H14N2O2. The summed E-state index contributed by atoms with van der Waals surface area (Å²) in [6.07, 6.45) is 1.52. The molecule has 1 rings (SSSR count). The van der Waals surface area contributed by atoms with Crippen molar-refractivity contribution in [3.63, 3.8) is 0 Å². The van der Waals surface area contributed by atoms with Gasteiger partial charge in [0.2, 0.25) is 0 Å². The lowest BCUT2D eigenvalue weighted by Gasteiger charge is -2.14. The van der Waals surface area contributed by atoms with E-state index < -0.39 is 0 Å². The molecule has 76 valence electrons. The average molecular weight is 194 g/mol. The Morgan fingerprint density at radius 2 is 2.29 bits per heavy atom. The number of anilines is 1. The third kappa shape index (κ3) is 2.22. The van der Waals surface area contributed by atoms with Crippen LogP contribution >= 0.6 is 0 Å². The molecule has 0 radical (unpaired) electrons. The Morgan fingerprint density at radius 3 is 2.71 bits per heavy atom. The van der Waals surface area contributed by atoms with E-state index in [2.05, 4.69) is 9.72 Å². The third-order valence-corrected chi connectivity index (χ3v) is 2.03. The normalized spacial score (nSPS) is 9.64. The lowest BCUT2D eigenvalue weighted by molar-refractivity contribution is 0.0600. The van der Waals surface area contributed by atoms with Gasteiger partial charge in [0.25, 0.3) is 0 Å². The zero-order chi connectivity index (χ0) is 10.6. The molecular weight excluding hydrogens is 180 g/mol. The molecule has 4 nitrogen and oxygen atoms in total. The Hall–Kier alpha value is -1.58. The predicted molar refractivity (Wildman–Crippen MR) is 54.5 cm³/mol. The van der Waals surface area contributed by atoms with E-state index in [1.165, 1.54) is 13.3 Å². The van der Waals surface area contributed by atoms with Gasteiger partial charge >= 0.3 is 5.97 Å². The standard InChI is InChI=1S/C10H14N2O2/c1-4-12(2)9-6-5-8(7-11-9)10(13)14-3/h5-7H,4H2,1-3H3. The summed E-state index contributed by atoms with van der Waals surface area (Å²) < 4.78 is 4.57. The summed E-state index contributed by atoms with van der Waals surface area (Å²) in [6.45, 7) is 2.92. The highest BCUT2D eigenvalue weighted by Gasteiger charge is 2.06. The average Bonchev–Trinajstić information content (AvgIpc) is 2.27. The van der Waals surface area contributed by atoms with Crippen LogP contribution in [-0.2, 0) is 4.74 Å². The number of carbonyl (C=O) groups is 1. The Labute approximate surface area is 83.5 Å². The highest BCUT2D eigenvalue weighted by atomic mass is 16.5. The number of hydrogen-bond donors (Lipinski definition) is 0. The van der Waals surface area contributed by atoms with E-state index in [1.54, 1.807) is 12.1 Å². The number of aromatic nitrogens is 1. The van der Waals surface area contributed by atoms with Crippen molar-refractivity contribution in [2.75, 3.05) is 25.6 Å². The second-order valence-corrected chi connectivity index (χ2v) is 2.91. The summed E-state index contributed by atoms with van der Waals surface area (Å²) in [4.78, 5) is 17.2. The van der Waals surface area contributed by atoms with E-state index in [0.29, 0.717) is 5.56 Å². The molecule has 0 saturated heterocycles. The van der Waals surface area contributed by atoms with Gasteiger partial charge in [-0.25, -0.2) is 9.78 Å². The summed E-state index contributed by atoms with van der Waals surface area (Å²) in [5, 5.41) is 0. The molecule has 0 spiro atoms. The van der Waals surface area contributed by atoms with Crippen LogP contribution in [0.4, 0.5) is 5.82 Å². The first-order valence-corrected chi connectivity index (χ1v) is 4.44. The molecule has 0 amide bonds. The van der Waals surface area contributed by atoms with Crippen molar-refractivity contribution in [1.29, 1.82) is 0 Å². The largest absolute Gasteiger partial charge is 0.465 e. The van der Waals surface area contributed by atoms with Crippen molar-refractivity contribution in [3.8, 4) is 0 Å². The number of ether oxygens (including phenoxy) is 1. The molecule has 1 aromatic rings. The number of hydrogen-bond acceptors (Lipinski definition) is 4. The van der Waals surface area contributed by atoms with Gasteiger partial charge < -0.3 is 9.64 Å². The van der Waals surface area contributed by atoms with Gasteiger partial charge in [-0.1, -0.05) is 0 Å². The number of nitrogens with zero attached hydrogens (tertiary/aromatic N) is 2. The van der Waals surface area contributed by atoms with E-state index in [1.807, 2.05) is 18.9 Å². The van der Waals surface area contributed by atoms with Gasteiger partial charge in [0.05, 0.1) is 12.7 Å². The van der Waals surface area contributed by atoms with Gasteiger partial charge in [-0.3, -0.25) is 0 Å². The van der Waals surface area contributed by atoms with E-state index in [9.17, 15) is 4.79 Å². The van der Waals surface area contributed by atoms with Gasteiger partial charge in [0.1, 0.15) is 5.82 Å². The SMILES string of the molecule is CCN(C)c1ccc(C(=O)OC)cn1. The monoisotopic (exact) mass is 194 g/mol. The summed E-state index contributed by atoms with van der Waals surface area (Å²) in [7, 11) is 3.30. The fourth-order valence-electron chi connectivity index (χ4n) is 1.01. The van der Waals surface area contributed by atoms with Crippen molar-refractivity contribution in [2.45, 2.75) is 6.92 Å². The molecule has 0 aliphatic heterocycles. The van der Waals surface area contributed by atoms with Crippen LogP contribution < -0.4 is 4.90 Å². The Bertz CT molecular complexity index is 308. The van der Waals surface area contributed by atoms with Crippen LogP contribution in [0.3, 0.4) is 0 Å². The first kappa shape index (κ1) is 10.5. The minimum atomic E-state index is -0.358. The predicted octanol–water partition coefficient (Wildman–Crippen LogP) is 1.32. The molecule has 0 fully saturated rings. The van der Waals surface area contributed by atoms with Crippen LogP contribution in [0.25, 0.3) is 0 Å². The van der Waals surface area contributed by atoms with Crippen LogP contribution in [0, 0.1) is 0 Å². The van der Waals surface area contributed by atoms with Gasteiger partial charge in [-0.2, -0.15) is 0 Å². The molecule has 1 heterocycles. The zero-order valence-corrected chi connectivity index (χ0v) is 8.65. The van der Waals surface area contributed by atoms with Crippen molar-refractivity contribution in [3.05, 3.63) is 23.9 Å². The lowest BCUT2D eigenvalue weighted by atomic mass is 10.3. The molecule has 0 N–H and O–H groups in total. The maximum absolute atomic E-state index is 11.1. The number of pyridine rings is 1. The second kappa shape index (κ2) is 4.60. The van der Waals surface area contributed by atoms with Crippen molar-refractivity contribution in [2.24, 2.45) is 0 Å². The summed E-state index contributed by atoms with van der Waals surface area (Å²) in [6, 6.07) is 3.51. The van der Waals surface area contributed by atoms with E-state index in [-0.39, 0.29) is 5.97 Å². The van der Waals surface area contributed by atoms with Gasteiger partial charge in [-0.05, 0) is 19.1 Å². The summed E-state index contributed by atoms with van der Waals surface area (Å²) in [5.41, 5.74) is 0.473. The molecule has 0 aromatic carbocycles. The molecule has 0 bridgehead atoms. The van der Waals surface area contributed by atoms with Crippen molar-refractivity contribution in [1.82, 2.24) is 4.98 Å². The van der Waals surface area contributed by atoms with E-state index in [4.69, 9.17) is 0 Å². The number of carbonyl (C=O) groups excluding carboxylic acids is 1. The van der Waals surface area contributed by atoms with Crippen LogP contribution in [0.5, 0.6) is 0 Å². The topological polar surface area (TPSA) is 42.4 Å². The van der Waals surface area contributed by atoms with Gasteiger partial charge in [0, 0.05) is 19.8 Å².